The van der Waals surface area contributed by atoms with Crippen LogP contribution in [0, 0.1) is 0 Å². The van der Waals surface area contributed by atoms with Gasteiger partial charge in [0, 0.05) is 5.33 Å². The molecule has 0 spiro atoms. The maximum absolute atomic E-state index is 11.6. The summed E-state index contributed by atoms with van der Waals surface area (Å²) in [5.74, 6) is -1.53. The van der Waals surface area contributed by atoms with E-state index in [-0.39, 0.29) is 85.9 Å². The molecule has 0 N–H and O–H groups in total. The first kappa shape index (κ1) is 81.9. The molecule has 1 atom stereocenters. The first-order chi connectivity index (χ1) is 35.5. The lowest BCUT2D eigenvalue weighted by Gasteiger charge is -2.19. The summed E-state index contributed by atoms with van der Waals surface area (Å²) in [6, 6.07) is 25.9. The van der Waals surface area contributed by atoms with E-state index in [1.165, 1.54) is 14.2 Å². The van der Waals surface area contributed by atoms with Crippen molar-refractivity contribution >= 4 is 171 Å². The van der Waals surface area contributed by atoms with Gasteiger partial charge >= 0.3 is 47.8 Å². The molecule has 0 amide bonds. The summed E-state index contributed by atoms with van der Waals surface area (Å²) in [5, 5.41) is 2.13. The molecule has 0 radical (unpaired) electrons. The Morgan fingerprint density at radius 2 is 0.987 bits per heavy atom. The quantitative estimate of drug-likeness (QED) is 0.0599. The van der Waals surface area contributed by atoms with E-state index in [1.54, 1.807) is 52.0 Å². The molecule has 3 aromatic carbocycles. The van der Waals surface area contributed by atoms with Gasteiger partial charge in [0.25, 0.3) is 0 Å². The first-order valence-corrected chi connectivity index (χ1v) is 30.7. The highest BCUT2D eigenvalue weighted by atomic mass is 79.9. The first-order valence-electron chi connectivity index (χ1n) is 22.5. The zero-order valence-electron chi connectivity index (χ0n) is 44.9. The lowest BCUT2D eigenvalue weighted by molar-refractivity contribution is -0.151. The summed E-state index contributed by atoms with van der Waals surface area (Å²) in [6.07, 6.45) is 0.888. The van der Waals surface area contributed by atoms with Crippen LogP contribution in [0.4, 0.5) is 0 Å². The third-order valence-electron chi connectivity index (χ3n) is 6.62. The predicted molar refractivity (Wildman–Crippen MR) is 323 cm³/mol. The van der Waals surface area contributed by atoms with E-state index in [0.29, 0.717) is 29.9 Å². The van der Waals surface area contributed by atoms with E-state index in [1.807, 2.05) is 102 Å². The van der Waals surface area contributed by atoms with Crippen molar-refractivity contribution in [3.63, 3.8) is 0 Å². The Morgan fingerprint density at radius 3 is 1.29 bits per heavy atom. The fourth-order valence-electron chi connectivity index (χ4n) is 3.63. The Hall–Kier alpha value is -2.93. The minimum atomic E-state index is -0.439. The highest BCUT2D eigenvalue weighted by Crippen LogP contribution is 2.14. The van der Waals surface area contributed by atoms with Crippen molar-refractivity contribution < 1.29 is 76.3 Å². The summed E-state index contributed by atoms with van der Waals surface area (Å²) in [6.45, 7) is 19.2. The molecule has 0 fully saturated rings. The van der Waals surface area contributed by atoms with E-state index >= 15 is 0 Å². The van der Waals surface area contributed by atoms with E-state index < -0.39 is 11.2 Å². The predicted octanol–water partition coefficient (Wildman–Crippen LogP) is 13.4. The molecule has 16 nitrogen and oxygen atoms in total. The molecule has 0 saturated carbocycles. The van der Waals surface area contributed by atoms with Crippen molar-refractivity contribution in [3.05, 3.63) is 102 Å². The number of hydrogen-bond acceptors (Lipinski definition) is 16. The van der Waals surface area contributed by atoms with Crippen LogP contribution in [-0.4, -0.2) is 123 Å². The number of alkyl halides is 8. The maximum Gasteiger partial charge on any atom is 0.338 e. The molecular weight excluding hydrogens is 1480 g/mol. The molecule has 432 valence electrons. The number of hydrogen-bond donors (Lipinski definition) is 0. The number of benzene rings is 3. The largest absolute Gasteiger partial charge is 0.468 e. The van der Waals surface area contributed by atoms with Crippen molar-refractivity contribution in [2.45, 2.75) is 110 Å². The molecular formula is C52H72Br7ClO16. The zero-order valence-corrected chi connectivity index (χ0v) is 56.7. The molecule has 0 aliphatic heterocycles. The number of rotatable bonds is 15. The van der Waals surface area contributed by atoms with Gasteiger partial charge in [-0.1, -0.05) is 179 Å². The van der Waals surface area contributed by atoms with E-state index in [4.69, 9.17) is 35.3 Å². The van der Waals surface area contributed by atoms with Crippen LogP contribution in [0.2, 0.25) is 0 Å². The Bertz CT molecular complexity index is 2000. The average Bonchev–Trinajstić information content (AvgIpc) is 3.39. The second kappa shape index (κ2) is 52.8. The van der Waals surface area contributed by atoms with Gasteiger partial charge < -0.3 is 37.9 Å². The molecule has 24 heteroatoms. The highest BCUT2D eigenvalue weighted by Gasteiger charge is 2.18. The summed E-state index contributed by atoms with van der Waals surface area (Å²) >= 11 is 26.4. The molecule has 0 saturated heterocycles. The zero-order chi connectivity index (χ0) is 59.7. The smallest absolute Gasteiger partial charge is 0.338 e. The number of ether oxygens (including phenoxy) is 8. The number of halogens is 8. The normalized spacial score (nSPS) is 10.1. The van der Waals surface area contributed by atoms with Gasteiger partial charge in [-0.05, 0) is 104 Å². The minimum absolute atomic E-state index is 0.0000463. The molecule has 0 aromatic heterocycles. The average molecular weight is 1550 g/mol. The van der Waals surface area contributed by atoms with Crippen LogP contribution in [0.5, 0.6) is 5.75 Å². The number of carbonyl (C=O) groups is 8. The van der Waals surface area contributed by atoms with Gasteiger partial charge in [-0.2, -0.15) is 0 Å². The molecule has 3 aromatic rings. The van der Waals surface area contributed by atoms with Crippen molar-refractivity contribution in [2.75, 3.05) is 53.4 Å². The van der Waals surface area contributed by atoms with E-state index in [9.17, 15) is 38.4 Å². The third kappa shape index (κ3) is 60.3. The molecule has 76 heavy (non-hydrogen) atoms. The number of esters is 8. The molecule has 3 rings (SSSR count). The van der Waals surface area contributed by atoms with Crippen molar-refractivity contribution in [1.29, 1.82) is 0 Å². The molecule has 0 bridgehead atoms. The van der Waals surface area contributed by atoms with Crippen molar-refractivity contribution in [1.82, 2.24) is 0 Å². The van der Waals surface area contributed by atoms with E-state index in [2.05, 4.69) is 126 Å². The van der Waals surface area contributed by atoms with Crippen LogP contribution in [0.1, 0.15) is 97.1 Å². The number of para-hydroxylation sites is 1. The van der Waals surface area contributed by atoms with Gasteiger partial charge in [0.2, 0.25) is 0 Å². The Labute approximate surface area is 513 Å². The van der Waals surface area contributed by atoms with Crippen LogP contribution in [0.25, 0.3) is 0 Å². The summed E-state index contributed by atoms with van der Waals surface area (Å²) in [7, 11) is 2.71. The van der Waals surface area contributed by atoms with Gasteiger partial charge in [-0.25, -0.2) is 4.79 Å². The Balaban J connectivity index is -0.000000257. The van der Waals surface area contributed by atoms with Crippen molar-refractivity contribution in [2.24, 2.45) is 0 Å². The van der Waals surface area contributed by atoms with Gasteiger partial charge in [0.05, 0.1) is 32.5 Å². The van der Waals surface area contributed by atoms with Gasteiger partial charge in [0.1, 0.15) is 60.9 Å². The Kier molecular flexibility index (Phi) is 56.9. The standard InChI is InChI=1S/C12H15BrO2.C9H9BrO2.C8H7BrO2.C6H11ClO2.2C5H9BrO2.C4H7BrO2.C3H5BrO2/c1-12(2,3)15-11(14)10-6-4-9(8-13)5-7-10;10-6-9(11)12-7-8-4-2-1-3-5-8;9-6-8(10)11-7-4-2-1-3-5-7;1-6(2,3)9-5(8)4-7;1-4(2)8-5(7)3-6;1-2-3-8-5(7)4-6;1-3(5)4(6)7-2;1-6-3(5)2-4/h4-7H,8H2,1-3H3;1-5H,6-7H2;1-5H,6H2;4H2,1-3H3;4H,3H2,1-2H3;2-4H2,1H3;3H,1-2H3;2H2,1H3. The van der Waals surface area contributed by atoms with Crippen LogP contribution in [0.15, 0.2) is 84.9 Å². The third-order valence-corrected chi connectivity index (χ3v) is 10.2. The van der Waals surface area contributed by atoms with Crippen LogP contribution >= 0.6 is 123 Å². The molecule has 0 aliphatic rings. The Morgan fingerprint density at radius 1 is 0.539 bits per heavy atom. The van der Waals surface area contributed by atoms with E-state index in [0.717, 1.165) is 22.9 Å². The SMILES string of the molecule is CC(C)(C)OC(=O)CCl.CC(C)(C)OC(=O)c1ccc(CBr)cc1.CC(C)OC(=O)CBr.CCCOC(=O)CBr.COC(=O)C(C)Br.COC(=O)CBr.O=C(CBr)OCc1ccccc1.O=C(CBr)Oc1ccccc1. The van der Waals surface area contributed by atoms with Crippen LogP contribution < -0.4 is 4.74 Å². The molecule has 0 heterocycles. The summed E-state index contributed by atoms with van der Waals surface area (Å²) in [5.41, 5.74) is 1.89. The fraction of sp³-hybridized carbons (Fsp3) is 0.500. The highest BCUT2D eigenvalue weighted by molar-refractivity contribution is 9.10. The number of methoxy groups -OCH3 is 2. The van der Waals surface area contributed by atoms with Gasteiger partial charge in [0.15, 0.2) is 0 Å². The molecule has 1 unspecified atom stereocenters. The second-order valence-electron chi connectivity index (χ2n) is 16.1. The van der Waals surface area contributed by atoms with Crippen LogP contribution in [0.3, 0.4) is 0 Å². The summed E-state index contributed by atoms with van der Waals surface area (Å²) < 4.78 is 37.7. The number of carbonyl (C=O) groups excluding carboxylic acids is 8. The lowest BCUT2D eigenvalue weighted by atomic mass is 10.1. The van der Waals surface area contributed by atoms with Gasteiger partial charge in [-0.15, -0.1) is 11.6 Å². The van der Waals surface area contributed by atoms with Crippen molar-refractivity contribution in [3.8, 4) is 5.75 Å². The monoisotopic (exact) mass is 1540 g/mol. The summed E-state index contributed by atoms with van der Waals surface area (Å²) in [4.78, 5) is 84.2. The van der Waals surface area contributed by atoms with Gasteiger partial charge in [-0.3, -0.25) is 33.6 Å². The maximum atomic E-state index is 11.6. The minimum Gasteiger partial charge on any atom is -0.468 e. The topological polar surface area (TPSA) is 210 Å². The van der Waals surface area contributed by atoms with Crippen LogP contribution in [-0.2, 0) is 78.7 Å². The second-order valence-corrected chi connectivity index (χ2v) is 21.1. The fourth-order valence-corrected chi connectivity index (χ4v) is 5.04. The lowest BCUT2D eigenvalue weighted by Crippen LogP contribution is -2.24. The molecule has 0 aliphatic carbocycles.